The van der Waals surface area contributed by atoms with Gasteiger partial charge in [-0.25, -0.2) is 0 Å². The Morgan fingerprint density at radius 2 is 1.90 bits per heavy atom. The lowest BCUT2D eigenvalue weighted by Crippen LogP contribution is -2.34. The first-order valence-electron chi connectivity index (χ1n) is 11.6. The summed E-state index contributed by atoms with van der Waals surface area (Å²) in [6.07, 6.45) is 9.74. The number of piperidine rings is 1. The standard InChI is InChI=1S/C25H35N3O3/c1-29-24-6-4-21(5-7-24)18-30-14-10-20-8-12-28(13-9-20)23-15-25(17-26-16-23)31-19-22-3-2-11-27-22/h4-7,15-17,20,22,27H,2-3,8-14,18-19H2,1H3/t22-/m0/s1. The SMILES string of the molecule is COc1ccc(COCCC2CCN(c3cncc(OC[C@@H]4CCCN4)c3)CC2)cc1. The van der Waals surface area contributed by atoms with Gasteiger partial charge in [-0.3, -0.25) is 4.98 Å². The van der Waals surface area contributed by atoms with Crippen LogP contribution >= 0.6 is 0 Å². The second kappa shape index (κ2) is 11.3. The Hall–Kier alpha value is -2.31. The van der Waals surface area contributed by atoms with Gasteiger partial charge in [0.05, 0.1) is 31.8 Å². The molecule has 4 rings (SSSR count). The number of anilines is 1. The van der Waals surface area contributed by atoms with Crippen LogP contribution in [0.15, 0.2) is 42.7 Å². The maximum atomic E-state index is 5.98. The maximum absolute atomic E-state index is 5.98. The molecule has 0 aliphatic carbocycles. The van der Waals surface area contributed by atoms with E-state index in [9.17, 15) is 0 Å². The van der Waals surface area contributed by atoms with Crippen molar-refractivity contribution in [1.82, 2.24) is 10.3 Å². The molecule has 0 bridgehead atoms. The number of methoxy groups -OCH3 is 1. The van der Waals surface area contributed by atoms with Gasteiger partial charge in [-0.15, -0.1) is 0 Å². The number of hydrogen-bond acceptors (Lipinski definition) is 6. The lowest BCUT2D eigenvalue weighted by atomic mass is 9.94. The molecule has 0 amide bonds. The number of rotatable bonds is 10. The van der Waals surface area contributed by atoms with Crippen LogP contribution in [0.3, 0.4) is 0 Å². The van der Waals surface area contributed by atoms with Crippen molar-refractivity contribution in [2.45, 2.75) is 44.8 Å². The fourth-order valence-corrected chi connectivity index (χ4v) is 4.40. The number of hydrogen-bond donors (Lipinski definition) is 1. The molecule has 1 aromatic carbocycles. The number of ether oxygens (including phenoxy) is 3. The van der Waals surface area contributed by atoms with Gasteiger partial charge in [0, 0.05) is 31.8 Å². The quantitative estimate of drug-likeness (QED) is 0.580. The minimum absolute atomic E-state index is 0.478. The van der Waals surface area contributed by atoms with Crippen molar-refractivity contribution >= 4 is 5.69 Å². The van der Waals surface area contributed by atoms with E-state index in [0.29, 0.717) is 12.6 Å². The van der Waals surface area contributed by atoms with Gasteiger partial charge in [0.1, 0.15) is 18.1 Å². The van der Waals surface area contributed by atoms with E-state index in [1.54, 1.807) is 7.11 Å². The van der Waals surface area contributed by atoms with Crippen LogP contribution in [0.2, 0.25) is 0 Å². The van der Waals surface area contributed by atoms with E-state index in [-0.39, 0.29) is 0 Å². The van der Waals surface area contributed by atoms with Gasteiger partial charge < -0.3 is 24.4 Å². The van der Waals surface area contributed by atoms with Gasteiger partial charge in [0.2, 0.25) is 0 Å². The first-order valence-corrected chi connectivity index (χ1v) is 11.6. The van der Waals surface area contributed by atoms with Crippen molar-refractivity contribution in [2.75, 3.05) is 44.9 Å². The van der Waals surface area contributed by atoms with E-state index in [1.807, 2.05) is 24.5 Å². The van der Waals surface area contributed by atoms with Crippen LogP contribution < -0.4 is 19.7 Å². The summed E-state index contributed by atoms with van der Waals surface area (Å²) in [6, 6.07) is 10.7. The Labute approximate surface area is 185 Å². The molecule has 0 saturated carbocycles. The van der Waals surface area contributed by atoms with Crippen LogP contribution in [0.4, 0.5) is 5.69 Å². The molecule has 1 aromatic heterocycles. The Morgan fingerprint density at radius 1 is 1.06 bits per heavy atom. The van der Waals surface area contributed by atoms with Crippen LogP contribution in [-0.4, -0.2) is 51.0 Å². The third kappa shape index (κ3) is 6.58. The van der Waals surface area contributed by atoms with E-state index >= 15 is 0 Å². The van der Waals surface area contributed by atoms with E-state index in [0.717, 1.165) is 56.7 Å². The molecule has 0 spiro atoms. The third-order valence-corrected chi connectivity index (χ3v) is 6.39. The van der Waals surface area contributed by atoms with Gasteiger partial charge in [-0.2, -0.15) is 0 Å². The summed E-state index contributed by atoms with van der Waals surface area (Å²) >= 11 is 0. The van der Waals surface area contributed by atoms with Crippen molar-refractivity contribution in [2.24, 2.45) is 5.92 Å². The number of nitrogens with zero attached hydrogens (tertiary/aromatic N) is 2. The zero-order valence-electron chi connectivity index (χ0n) is 18.6. The van der Waals surface area contributed by atoms with Crippen LogP contribution in [0, 0.1) is 5.92 Å². The zero-order valence-corrected chi connectivity index (χ0v) is 18.6. The largest absolute Gasteiger partial charge is 0.497 e. The molecular weight excluding hydrogens is 390 g/mol. The van der Waals surface area contributed by atoms with Crippen LogP contribution in [0.25, 0.3) is 0 Å². The average Bonchev–Trinajstić information content (AvgIpc) is 3.35. The molecule has 1 atom stereocenters. The maximum Gasteiger partial charge on any atom is 0.139 e. The molecule has 2 aromatic rings. The molecule has 3 heterocycles. The van der Waals surface area contributed by atoms with E-state index in [1.165, 1.54) is 36.9 Å². The highest BCUT2D eigenvalue weighted by Gasteiger charge is 2.20. The summed E-state index contributed by atoms with van der Waals surface area (Å²) in [4.78, 5) is 6.84. The molecule has 6 heteroatoms. The zero-order chi connectivity index (χ0) is 21.3. The molecule has 0 radical (unpaired) electrons. The fourth-order valence-electron chi connectivity index (χ4n) is 4.40. The minimum atomic E-state index is 0.478. The fraction of sp³-hybridized carbons (Fsp3) is 0.560. The number of nitrogens with one attached hydrogen (secondary N) is 1. The van der Waals surface area contributed by atoms with Gasteiger partial charge in [-0.05, 0) is 62.3 Å². The molecule has 2 aliphatic heterocycles. The Bertz CT molecular complexity index is 785. The summed E-state index contributed by atoms with van der Waals surface area (Å²) in [6.45, 7) is 5.45. The Kier molecular flexibility index (Phi) is 8.02. The number of aromatic nitrogens is 1. The van der Waals surface area contributed by atoms with Crippen molar-refractivity contribution < 1.29 is 14.2 Å². The van der Waals surface area contributed by atoms with E-state index < -0.39 is 0 Å². The Morgan fingerprint density at radius 3 is 2.65 bits per heavy atom. The van der Waals surface area contributed by atoms with Crippen molar-refractivity contribution in [1.29, 1.82) is 0 Å². The molecule has 1 N–H and O–H groups in total. The highest BCUT2D eigenvalue weighted by atomic mass is 16.5. The summed E-state index contributed by atoms with van der Waals surface area (Å²) in [5.41, 5.74) is 2.36. The van der Waals surface area contributed by atoms with Crippen LogP contribution in [0.5, 0.6) is 11.5 Å². The smallest absolute Gasteiger partial charge is 0.139 e. The number of benzene rings is 1. The summed E-state index contributed by atoms with van der Waals surface area (Å²) in [7, 11) is 1.69. The summed E-state index contributed by atoms with van der Waals surface area (Å²) in [5, 5.41) is 3.47. The summed E-state index contributed by atoms with van der Waals surface area (Å²) < 4.78 is 17.1. The first-order chi connectivity index (χ1) is 15.3. The van der Waals surface area contributed by atoms with E-state index in [4.69, 9.17) is 14.2 Å². The molecule has 6 nitrogen and oxygen atoms in total. The second-order valence-electron chi connectivity index (χ2n) is 8.60. The molecule has 2 saturated heterocycles. The molecule has 0 unspecified atom stereocenters. The monoisotopic (exact) mass is 425 g/mol. The number of pyridine rings is 1. The van der Waals surface area contributed by atoms with Crippen molar-refractivity contribution in [3.8, 4) is 11.5 Å². The van der Waals surface area contributed by atoms with Crippen LogP contribution in [0.1, 0.15) is 37.7 Å². The Balaban J connectivity index is 1.15. The average molecular weight is 426 g/mol. The summed E-state index contributed by atoms with van der Waals surface area (Å²) in [5.74, 6) is 2.49. The highest BCUT2D eigenvalue weighted by molar-refractivity contribution is 5.48. The minimum Gasteiger partial charge on any atom is -0.497 e. The first kappa shape index (κ1) is 21.9. The van der Waals surface area contributed by atoms with Crippen molar-refractivity contribution in [3.05, 3.63) is 48.3 Å². The normalized spacial score (nSPS) is 19.5. The molecular formula is C25H35N3O3. The predicted molar refractivity (Wildman–Crippen MR) is 123 cm³/mol. The van der Waals surface area contributed by atoms with Crippen LogP contribution in [-0.2, 0) is 11.3 Å². The van der Waals surface area contributed by atoms with Gasteiger partial charge >= 0.3 is 0 Å². The molecule has 168 valence electrons. The second-order valence-corrected chi connectivity index (χ2v) is 8.60. The third-order valence-electron chi connectivity index (χ3n) is 6.39. The van der Waals surface area contributed by atoms with Gasteiger partial charge in [-0.1, -0.05) is 12.1 Å². The molecule has 2 fully saturated rings. The van der Waals surface area contributed by atoms with Gasteiger partial charge in [0.25, 0.3) is 0 Å². The van der Waals surface area contributed by atoms with Gasteiger partial charge in [0.15, 0.2) is 0 Å². The lowest BCUT2D eigenvalue weighted by molar-refractivity contribution is 0.104. The van der Waals surface area contributed by atoms with E-state index in [2.05, 4.69) is 33.4 Å². The predicted octanol–water partition coefficient (Wildman–Crippen LogP) is 4.04. The van der Waals surface area contributed by atoms with Crippen molar-refractivity contribution in [3.63, 3.8) is 0 Å². The topological polar surface area (TPSA) is 55.9 Å². The molecule has 31 heavy (non-hydrogen) atoms. The molecule has 2 aliphatic rings. The highest BCUT2D eigenvalue weighted by Crippen LogP contribution is 2.27. The lowest BCUT2D eigenvalue weighted by Gasteiger charge is -2.33.